The number of hydrogen-bond acceptors (Lipinski definition) is 5. The molecule has 1 aromatic carbocycles. The van der Waals surface area contributed by atoms with E-state index in [2.05, 4.69) is 0 Å². The number of amides is 1. The molecule has 1 aromatic rings. The molecule has 7 heteroatoms. The molecular formula is C20H28N2O5. The fraction of sp³-hybridized carbons (Fsp3) is 0.600. The van der Waals surface area contributed by atoms with Gasteiger partial charge in [0, 0.05) is 19.5 Å². The summed E-state index contributed by atoms with van der Waals surface area (Å²) < 4.78 is 5.53. The molecule has 1 amide bonds. The van der Waals surface area contributed by atoms with Gasteiger partial charge in [0.2, 0.25) is 5.91 Å². The molecule has 0 saturated heterocycles. The van der Waals surface area contributed by atoms with E-state index in [-0.39, 0.29) is 17.2 Å². The average molecular weight is 376 g/mol. The topological polar surface area (TPSA) is 89.8 Å². The molecule has 0 aromatic heterocycles. The van der Waals surface area contributed by atoms with Crippen molar-refractivity contribution in [2.24, 2.45) is 0 Å². The van der Waals surface area contributed by atoms with Crippen molar-refractivity contribution in [1.29, 1.82) is 0 Å². The Kier molecular flexibility index (Phi) is 8.23. The van der Waals surface area contributed by atoms with Gasteiger partial charge in [-0.25, -0.2) is 0 Å². The first-order chi connectivity index (χ1) is 13.0. The molecule has 0 heterocycles. The molecule has 0 unspecified atom stereocenters. The number of carbonyl (C=O) groups excluding carboxylic acids is 2. The first-order valence-corrected chi connectivity index (χ1v) is 9.65. The second kappa shape index (κ2) is 10.6. The minimum atomic E-state index is -0.592. The van der Waals surface area contributed by atoms with Gasteiger partial charge in [-0.3, -0.25) is 19.7 Å². The van der Waals surface area contributed by atoms with Crippen molar-refractivity contribution in [3.8, 4) is 5.75 Å². The Morgan fingerprint density at radius 2 is 2.00 bits per heavy atom. The number of carbonyl (C=O) groups is 2. The van der Waals surface area contributed by atoms with E-state index in [0.29, 0.717) is 31.1 Å². The monoisotopic (exact) mass is 376 g/mol. The van der Waals surface area contributed by atoms with Crippen LogP contribution in [0.25, 0.3) is 0 Å². The van der Waals surface area contributed by atoms with Gasteiger partial charge < -0.3 is 9.64 Å². The second-order valence-corrected chi connectivity index (χ2v) is 7.05. The van der Waals surface area contributed by atoms with E-state index >= 15 is 0 Å². The lowest BCUT2D eigenvalue weighted by atomic mass is 9.94. The summed E-state index contributed by atoms with van der Waals surface area (Å²) in [5.41, 5.74) is -0.216. The average Bonchev–Trinajstić information content (AvgIpc) is 2.70. The Hall–Kier alpha value is -2.44. The summed E-state index contributed by atoms with van der Waals surface area (Å²) in [4.78, 5) is 35.3. The lowest BCUT2D eigenvalue weighted by molar-refractivity contribution is -0.385. The summed E-state index contributed by atoms with van der Waals surface area (Å²) >= 11 is 0. The van der Waals surface area contributed by atoms with Crippen LogP contribution in [0.1, 0.15) is 68.1 Å². The van der Waals surface area contributed by atoms with Crippen LogP contribution in [0.4, 0.5) is 5.69 Å². The van der Waals surface area contributed by atoms with Crippen molar-refractivity contribution >= 4 is 17.9 Å². The highest BCUT2D eigenvalue weighted by molar-refractivity contribution is 5.81. The van der Waals surface area contributed by atoms with E-state index in [1.165, 1.54) is 31.4 Å². The smallest absolute Gasteiger partial charge is 0.283 e. The number of nitro benzene ring substituents is 1. The van der Waals surface area contributed by atoms with Crippen molar-refractivity contribution in [3.05, 3.63) is 33.9 Å². The molecule has 1 aliphatic rings. The van der Waals surface area contributed by atoms with E-state index in [0.717, 1.165) is 32.1 Å². The first kappa shape index (κ1) is 20.9. The van der Waals surface area contributed by atoms with Crippen molar-refractivity contribution in [3.63, 3.8) is 0 Å². The second-order valence-electron chi connectivity index (χ2n) is 7.05. The Morgan fingerprint density at radius 1 is 1.26 bits per heavy atom. The largest absolute Gasteiger partial charge is 0.493 e. The standard InChI is InChI=1S/C20H28N2O5/c1-21(17-8-4-2-5-9-17)20(24)10-6-3-7-13-27-18-12-11-16(15-23)19(14-18)22(25)26/h11-12,14-15,17H,2-10,13H2,1H3. The quantitative estimate of drug-likeness (QED) is 0.265. The van der Waals surface area contributed by atoms with Gasteiger partial charge in [0.1, 0.15) is 5.75 Å². The van der Waals surface area contributed by atoms with Crippen LogP contribution in [0.2, 0.25) is 0 Å². The zero-order valence-corrected chi connectivity index (χ0v) is 15.9. The molecule has 27 heavy (non-hydrogen) atoms. The molecule has 1 aliphatic carbocycles. The predicted molar refractivity (Wildman–Crippen MR) is 102 cm³/mol. The van der Waals surface area contributed by atoms with Crippen LogP contribution in [0.5, 0.6) is 5.75 Å². The molecule has 0 spiro atoms. The Balaban J connectivity index is 1.65. The van der Waals surface area contributed by atoms with Crippen LogP contribution >= 0.6 is 0 Å². The van der Waals surface area contributed by atoms with E-state index in [4.69, 9.17) is 4.74 Å². The summed E-state index contributed by atoms with van der Waals surface area (Å²) in [6.45, 7) is 0.421. The maximum Gasteiger partial charge on any atom is 0.283 e. The molecule has 1 fully saturated rings. The number of benzene rings is 1. The third-order valence-electron chi connectivity index (χ3n) is 5.15. The van der Waals surface area contributed by atoms with Crippen molar-refractivity contribution in [2.45, 2.75) is 63.8 Å². The normalized spacial score (nSPS) is 14.6. The number of nitrogens with zero attached hydrogens (tertiary/aromatic N) is 2. The van der Waals surface area contributed by atoms with Crippen LogP contribution in [-0.2, 0) is 4.79 Å². The van der Waals surface area contributed by atoms with Gasteiger partial charge in [0.25, 0.3) is 5.69 Å². The Labute approximate surface area is 159 Å². The highest BCUT2D eigenvalue weighted by Crippen LogP contribution is 2.24. The van der Waals surface area contributed by atoms with Crippen molar-refractivity contribution < 1.29 is 19.2 Å². The third kappa shape index (κ3) is 6.34. The summed E-state index contributed by atoms with van der Waals surface area (Å²) in [5, 5.41) is 10.9. The maximum absolute atomic E-state index is 12.3. The molecule has 0 radical (unpaired) electrons. The predicted octanol–water partition coefficient (Wildman–Crippen LogP) is 4.14. The van der Waals surface area contributed by atoms with Crippen molar-refractivity contribution in [2.75, 3.05) is 13.7 Å². The third-order valence-corrected chi connectivity index (χ3v) is 5.15. The molecule has 1 saturated carbocycles. The Bertz CT molecular complexity index is 656. The lowest BCUT2D eigenvalue weighted by Gasteiger charge is -2.31. The minimum absolute atomic E-state index is 0.0351. The van der Waals surface area contributed by atoms with Crippen LogP contribution in [-0.4, -0.2) is 41.7 Å². The zero-order chi connectivity index (χ0) is 19.6. The summed E-state index contributed by atoms with van der Waals surface area (Å²) in [6, 6.07) is 4.62. The Morgan fingerprint density at radius 3 is 2.67 bits per heavy atom. The minimum Gasteiger partial charge on any atom is -0.493 e. The molecule has 0 aliphatic heterocycles. The molecular weight excluding hydrogens is 348 g/mol. The fourth-order valence-electron chi connectivity index (χ4n) is 3.46. The molecule has 2 rings (SSSR count). The van der Waals surface area contributed by atoms with Crippen LogP contribution < -0.4 is 4.74 Å². The van der Waals surface area contributed by atoms with E-state index in [9.17, 15) is 19.7 Å². The summed E-state index contributed by atoms with van der Waals surface area (Å²) in [6.07, 6.45) is 9.38. The van der Waals surface area contributed by atoms with Gasteiger partial charge in [-0.1, -0.05) is 19.3 Å². The summed E-state index contributed by atoms with van der Waals surface area (Å²) in [5.74, 6) is 0.586. The molecule has 0 atom stereocenters. The van der Waals surface area contributed by atoms with E-state index in [1.807, 2.05) is 11.9 Å². The SMILES string of the molecule is CN(C(=O)CCCCCOc1ccc(C=O)c([N+](=O)[O-])c1)C1CCCCC1. The number of nitro groups is 1. The van der Waals surface area contributed by atoms with E-state index < -0.39 is 4.92 Å². The molecule has 7 nitrogen and oxygen atoms in total. The van der Waals surface area contributed by atoms with E-state index in [1.54, 1.807) is 6.07 Å². The van der Waals surface area contributed by atoms with Crippen LogP contribution in [0, 0.1) is 10.1 Å². The summed E-state index contributed by atoms with van der Waals surface area (Å²) in [7, 11) is 1.91. The number of aldehydes is 1. The highest BCUT2D eigenvalue weighted by Gasteiger charge is 2.21. The number of unbranched alkanes of at least 4 members (excludes halogenated alkanes) is 2. The molecule has 148 valence electrons. The van der Waals surface area contributed by atoms with Crippen LogP contribution in [0.15, 0.2) is 18.2 Å². The van der Waals surface area contributed by atoms with Gasteiger partial charge in [-0.05, 0) is 44.2 Å². The van der Waals surface area contributed by atoms with Gasteiger partial charge in [0.15, 0.2) is 6.29 Å². The fourth-order valence-corrected chi connectivity index (χ4v) is 3.46. The van der Waals surface area contributed by atoms with Crippen molar-refractivity contribution in [1.82, 2.24) is 4.90 Å². The number of hydrogen-bond donors (Lipinski definition) is 0. The van der Waals surface area contributed by atoms with Gasteiger partial charge in [-0.2, -0.15) is 0 Å². The first-order valence-electron chi connectivity index (χ1n) is 9.65. The van der Waals surface area contributed by atoms with Crippen LogP contribution in [0.3, 0.4) is 0 Å². The van der Waals surface area contributed by atoms with Gasteiger partial charge in [-0.15, -0.1) is 0 Å². The van der Waals surface area contributed by atoms with Gasteiger partial charge in [0.05, 0.1) is 23.2 Å². The number of rotatable bonds is 10. The number of ether oxygens (including phenoxy) is 1. The maximum atomic E-state index is 12.3. The zero-order valence-electron chi connectivity index (χ0n) is 15.9. The molecule has 0 N–H and O–H groups in total. The highest BCUT2D eigenvalue weighted by atomic mass is 16.6. The molecule has 0 bridgehead atoms. The van der Waals surface area contributed by atoms with Gasteiger partial charge >= 0.3 is 0 Å². The lowest BCUT2D eigenvalue weighted by Crippen LogP contribution is -2.38.